The average molecular weight is 391 g/mol. The lowest BCUT2D eigenvalue weighted by molar-refractivity contribution is 0.0692. The van der Waals surface area contributed by atoms with Gasteiger partial charge in [0, 0.05) is 24.8 Å². The van der Waals surface area contributed by atoms with Crippen LogP contribution in [0.4, 0.5) is 10.2 Å². The molecule has 0 radical (unpaired) electrons. The van der Waals surface area contributed by atoms with Crippen LogP contribution in [0.15, 0.2) is 35.0 Å². The highest BCUT2D eigenvalue weighted by molar-refractivity contribution is 6.33. The molecule has 0 atom stereocenters. The van der Waals surface area contributed by atoms with E-state index < -0.39 is 17.3 Å². The molecule has 0 aliphatic heterocycles. The molecular formula is C18H16ClFN4O3. The van der Waals surface area contributed by atoms with Crippen LogP contribution in [-0.4, -0.2) is 39.3 Å². The molecule has 3 aromatic rings. The predicted molar refractivity (Wildman–Crippen MR) is 98.4 cm³/mol. The number of anilines is 1. The van der Waals surface area contributed by atoms with Gasteiger partial charge in [-0.3, -0.25) is 0 Å². The van der Waals surface area contributed by atoms with Crippen LogP contribution in [-0.2, 0) is 0 Å². The second kappa shape index (κ2) is 7.32. The van der Waals surface area contributed by atoms with Gasteiger partial charge in [0.05, 0.1) is 16.1 Å². The lowest BCUT2D eigenvalue weighted by atomic mass is 10.1. The van der Waals surface area contributed by atoms with E-state index in [1.807, 2.05) is 25.8 Å². The Morgan fingerprint density at radius 3 is 2.63 bits per heavy atom. The van der Waals surface area contributed by atoms with E-state index in [9.17, 15) is 9.18 Å². The molecule has 9 heteroatoms. The van der Waals surface area contributed by atoms with Crippen LogP contribution < -0.4 is 4.90 Å². The zero-order valence-electron chi connectivity index (χ0n) is 14.8. The third kappa shape index (κ3) is 3.75. The number of halogens is 2. The van der Waals surface area contributed by atoms with Crippen molar-refractivity contribution in [2.75, 3.05) is 11.9 Å². The molecule has 0 aliphatic rings. The summed E-state index contributed by atoms with van der Waals surface area (Å²) in [5.74, 6) is -1.31. The van der Waals surface area contributed by atoms with E-state index in [1.165, 1.54) is 6.07 Å². The van der Waals surface area contributed by atoms with E-state index in [0.29, 0.717) is 22.0 Å². The molecule has 140 valence electrons. The van der Waals surface area contributed by atoms with Gasteiger partial charge in [0.25, 0.3) is 5.89 Å². The number of carboxylic acid groups (broad SMARTS) is 1. The number of rotatable bonds is 5. The number of pyridine rings is 1. The van der Waals surface area contributed by atoms with Crippen molar-refractivity contribution in [3.8, 4) is 22.8 Å². The van der Waals surface area contributed by atoms with Crippen molar-refractivity contribution in [1.29, 1.82) is 0 Å². The molecule has 2 aromatic heterocycles. The number of carboxylic acids is 1. The van der Waals surface area contributed by atoms with Gasteiger partial charge in [-0.25, -0.2) is 14.2 Å². The summed E-state index contributed by atoms with van der Waals surface area (Å²) in [6.07, 6.45) is 1.56. The lowest BCUT2D eigenvalue weighted by Gasteiger charge is -2.23. The highest BCUT2D eigenvalue weighted by atomic mass is 35.5. The number of hydrogen-bond donors (Lipinski definition) is 1. The zero-order chi connectivity index (χ0) is 19.7. The standard InChI is InChI=1S/C18H16ClFN4O3/c1-9(2)24(3)16-13(19)6-11(8-21-16)17-22-15(23-27-17)10-4-5-12(18(25)26)14(20)7-10/h4-9H,1-3H3,(H,25,26). The third-order valence-corrected chi connectivity index (χ3v) is 4.34. The van der Waals surface area contributed by atoms with E-state index in [0.717, 1.165) is 12.1 Å². The molecule has 0 amide bonds. The van der Waals surface area contributed by atoms with Crippen molar-refractivity contribution < 1.29 is 18.8 Å². The number of benzene rings is 1. The molecule has 0 bridgehead atoms. The van der Waals surface area contributed by atoms with Gasteiger partial charge in [-0.1, -0.05) is 16.8 Å². The molecule has 0 saturated carbocycles. The van der Waals surface area contributed by atoms with Crippen LogP contribution in [0.1, 0.15) is 24.2 Å². The van der Waals surface area contributed by atoms with E-state index >= 15 is 0 Å². The quantitative estimate of drug-likeness (QED) is 0.699. The van der Waals surface area contributed by atoms with Gasteiger partial charge in [0.1, 0.15) is 11.6 Å². The minimum Gasteiger partial charge on any atom is -0.478 e. The highest BCUT2D eigenvalue weighted by Crippen LogP contribution is 2.29. The Kier molecular flexibility index (Phi) is 5.09. The second-order valence-corrected chi connectivity index (χ2v) is 6.56. The number of aromatic carboxylic acids is 1. The fourth-order valence-corrected chi connectivity index (χ4v) is 2.64. The Morgan fingerprint density at radius 1 is 1.30 bits per heavy atom. The monoisotopic (exact) mass is 390 g/mol. The zero-order valence-corrected chi connectivity index (χ0v) is 15.5. The third-order valence-electron chi connectivity index (χ3n) is 4.06. The molecule has 1 N–H and O–H groups in total. The molecule has 2 heterocycles. The Bertz CT molecular complexity index is 1010. The first kappa shape index (κ1) is 18.8. The van der Waals surface area contributed by atoms with Crippen molar-refractivity contribution in [1.82, 2.24) is 15.1 Å². The van der Waals surface area contributed by atoms with Gasteiger partial charge in [-0.05, 0) is 38.1 Å². The van der Waals surface area contributed by atoms with E-state index in [2.05, 4.69) is 15.1 Å². The fraction of sp³-hybridized carbons (Fsp3) is 0.222. The maximum absolute atomic E-state index is 13.9. The second-order valence-electron chi connectivity index (χ2n) is 6.16. The van der Waals surface area contributed by atoms with Crippen molar-refractivity contribution in [2.45, 2.75) is 19.9 Å². The van der Waals surface area contributed by atoms with Gasteiger partial charge in [0.2, 0.25) is 5.82 Å². The molecule has 0 spiro atoms. The first-order chi connectivity index (χ1) is 12.8. The van der Waals surface area contributed by atoms with E-state index in [-0.39, 0.29) is 17.8 Å². The summed E-state index contributed by atoms with van der Waals surface area (Å²) in [6.45, 7) is 4.04. The van der Waals surface area contributed by atoms with Gasteiger partial charge in [0.15, 0.2) is 0 Å². The van der Waals surface area contributed by atoms with Crippen molar-refractivity contribution in [3.63, 3.8) is 0 Å². The van der Waals surface area contributed by atoms with Crippen molar-refractivity contribution in [2.24, 2.45) is 0 Å². The number of hydrogen-bond acceptors (Lipinski definition) is 6. The average Bonchev–Trinajstić information content (AvgIpc) is 3.10. The molecule has 3 rings (SSSR count). The smallest absolute Gasteiger partial charge is 0.338 e. The normalized spacial score (nSPS) is 11.0. The molecule has 0 unspecified atom stereocenters. The Labute approximate surface area is 159 Å². The summed E-state index contributed by atoms with van der Waals surface area (Å²) in [4.78, 5) is 21.4. The predicted octanol–water partition coefficient (Wildman–Crippen LogP) is 4.13. The largest absolute Gasteiger partial charge is 0.478 e. The van der Waals surface area contributed by atoms with Crippen LogP contribution in [0.2, 0.25) is 5.02 Å². The topological polar surface area (TPSA) is 92.4 Å². The number of nitrogens with zero attached hydrogens (tertiary/aromatic N) is 4. The summed E-state index contributed by atoms with van der Waals surface area (Å²) >= 11 is 6.31. The van der Waals surface area contributed by atoms with E-state index in [1.54, 1.807) is 12.3 Å². The molecule has 7 nitrogen and oxygen atoms in total. The minimum absolute atomic E-state index is 0.125. The molecule has 27 heavy (non-hydrogen) atoms. The molecule has 0 aliphatic carbocycles. The fourth-order valence-electron chi connectivity index (χ4n) is 2.34. The Hall–Kier alpha value is -3.00. The summed E-state index contributed by atoms with van der Waals surface area (Å²) in [7, 11) is 1.89. The van der Waals surface area contributed by atoms with Crippen molar-refractivity contribution in [3.05, 3.63) is 46.9 Å². The number of carbonyl (C=O) groups is 1. The summed E-state index contributed by atoms with van der Waals surface area (Å²) in [6, 6.07) is 5.49. The van der Waals surface area contributed by atoms with E-state index in [4.69, 9.17) is 21.2 Å². The van der Waals surface area contributed by atoms with Gasteiger partial charge in [-0.2, -0.15) is 4.98 Å². The molecule has 0 fully saturated rings. The lowest BCUT2D eigenvalue weighted by Crippen LogP contribution is -2.26. The molecule has 1 aromatic carbocycles. The van der Waals surface area contributed by atoms with Crippen LogP contribution in [0.3, 0.4) is 0 Å². The Morgan fingerprint density at radius 2 is 2.04 bits per heavy atom. The van der Waals surface area contributed by atoms with Crippen molar-refractivity contribution >= 4 is 23.4 Å². The van der Waals surface area contributed by atoms with Crippen LogP contribution in [0.25, 0.3) is 22.8 Å². The summed E-state index contributed by atoms with van der Waals surface area (Å²) < 4.78 is 19.1. The van der Waals surface area contributed by atoms with Crippen LogP contribution in [0, 0.1) is 5.82 Å². The summed E-state index contributed by atoms with van der Waals surface area (Å²) in [5.41, 5.74) is 0.383. The highest BCUT2D eigenvalue weighted by Gasteiger charge is 2.17. The first-order valence-electron chi connectivity index (χ1n) is 8.03. The Balaban J connectivity index is 1.91. The van der Waals surface area contributed by atoms with Crippen LogP contribution in [0.5, 0.6) is 0 Å². The maximum Gasteiger partial charge on any atom is 0.338 e. The van der Waals surface area contributed by atoms with Gasteiger partial charge < -0.3 is 14.5 Å². The van der Waals surface area contributed by atoms with Gasteiger partial charge in [-0.15, -0.1) is 0 Å². The van der Waals surface area contributed by atoms with Gasteiger partial charge >= 0.3 is 5.97 Å². The minimum atomic E-state index is -1.35. The summed E-state index contributed by atoms with van der Waals surface area (Å²) in [5, 5.41) is 13.1. The first-order valence-corrected chi connectivity index (χ1v) is 8.41. The maximum atomic E-state index is 13.9. The number of aromatic nitrogens is 3. The van der Waals surface area contributed by atoms with Crippen LogP contribution >= 0.6 is 11.6 Å². The molecular weight excluding hydrogens is 375 g/mol. The molecule has 0 saturated heterocycles. The SMILES string of the molecule is CC(C)N(C)c1ncc(-c2nc(-c3ccc(C(=O)O)c(F)c3)no2)cc1Cl.